The minimum absolute atomic E-state index is 0.170. The minimum Gasteiger partial charge on any atom is -0.396 e. The number of hydrogen-bond donors (Lipinski definition) is 1. The number of hydrogen-bond acceptors (Lipinski definition) is 5. The van der Waals surface area contributed by atoms with Crippen molar-refractivity contribution in [2.75, 3.05) is 59.5 Å². The Labute approximate surface area is 162 Å². The van der Waals surface area contributed by atoms with Gasteiger partial charge in [-0.25, -0.2) is 0 Å². The number of nitrogens with zero attached hydrogens (tertiary/aromatic N) is 5. The number of aliphatic hydroxyl groups is 1. The maximum atomic E-state index is 12.8. The normalized spacial score (nSPS) is 24.7. The van der Waals surface area contributed by atoms with Crippen LogP contribution in [0.5, 0.6) is 0 Å². The van der Waals surface area contributed by atoms with Gasteiger partial charge in [0.1, 0.15) is 0 Å². The molecule has 1 aromatic heterocycles. The second kappa shape index (κ2) is 8.71. The summed E-state index contributed by atoms with van der Waals surface area (Å²) in [6.45, 7) is 11.1. The molecule has 3 heterocycles. The Bertz CT molecular complexity index is 651. The lowest BCUT2D eigenvalue weighted by Gasteiger charge is -2.34. The van der Waals surface area contributed by atoms with E-state index in [4.69, 9.17) is 0 Å². The minimum atomic E-state index is 0.170. The van der Waals surface area contributed by atoms with Crippen LogP contribution in [-0.4, -0.2) is 95.0 Å². The molecule has 0 saturated carbocycles. The Balaban J connectivity index is 1.53. The molecule has 0 bridgehead atoms. The van der Waals surface area contributed by atoms with Crippen molar-refractivity contribution >= 4 is 5.91 Å². The summed E-state index contributed by atoms with van der Waals surface area (Å²) in [5.41, 5.74) is 3.35. The van der Waals surface area contributed by atoms with E-state index >= 15 is 0 Å². The fourth-order valence-corrected chi connectivity index (χ4v) is 4.49. The van der Waals surface area contributed by atoms with Crippen LogP contribution in [0.25, 0.3) is 0 Å². The van der Waals surface area contributed by atoms with Gasteiger partial charge < -0.3 is 19.8 Å². The Morgan fingerprint density at radius 3 is 2.37 bits per heavy atom. The molecule has 0 spiro atoms. The summed E-state index contributed by atoms with van der Waals surface area (Å²) in [5.74, 6) is 0.789. The van der Waals surface area contributed by atoms with Gasteiger partial charge >= 0.3 is 0 Å². The maximum absolute atomic E-state index is 12.8. The first kappa shape index (κ1) is 20.3. The lowest BCUT2D eigenvalue weighted by atomic mass is 9.96. The number of aryl methyl sites for hydroxylation is 2. The highest BCUT2D eigenvalue weighted by molar-refractivity contribution is 5.76. The predicted octanol–water partition coefficient (Wildman–Crippen LogP) is 0.284. The van der Waals surface area contributed by atoms with Crippen molar-refractivity contribution in [1.82, 2.24) is 24.5 Å². The first-order chi connectivity index (χ1) is 12.9. The number of amides is 1. The molecule has 0 aromatic carbocycles. The average molecular weight is 378 g/mol. The molecule has 27 heavy (non-hydrogen) atoms. The van der Waals surface area contributed by atoms with Gasteiger partial charge in [0.05, 0.1) is 5.69 Å². The maximum Gasteiger partial charge on any atom is 0.222 e. The molecule has 7 heteroatoms. The monoisotopic (exact) mass is 377 g/mol. The topological polar surface area (TPSA) is 64.8 Å². The quantitative estimate of drug-likeness (QED) is 0.772. The van der Waals surface area contributed by atoms with Gasteiger partial charge in [-0.2, -0.15) is 5.10 Å². The molecular weight excluding hydrogens is 342 g/mol. The molecule has 152 valence electrons. The number of aliphatic hydroxyl groups excluding tert-OH is 1. The first-order valence-electron chi connectivity index (χ1n) is 10.2. The largest absolute Gasteiger partial charge is 0.396 e. The molecule has 2 atom stereocenters. The first-order valence-corrected chi connectivity index (χ1v) is 10.2. The number of carbonyl (C=O) groups excluding carboxylic acids is 1. The average Bonchev–Trinajstić information content (AvgIpc) is 3.16. The van der Waals surface area contributed by atoms with Crippen molar-refractivity contribution in [3.8, 4) is 0 Å². The molecule has 1 aromatic rings. The Hall–Kier alpha value is -1.44. The highest BCUT2D eigenvalue weighted by Crippen LogP contribution is 2.26. The zero-order valence-electron chi connectivity index (χ0n) is 17.3. The zero-order chi connectivity index (χ0) is 19.6. The molecular formula is C20H35N5O2. The van der Waals surface area contributed by atoms with Gasteiger partial charge in [0, 0.05) is 77.5 Å². The third kappa shape index (κ3) is 4.70. The van der Waals surface area contributed by atoms with Gasteiger partial charge in [-0.1, -0.05) is 0 Å². The van der Waals surface area contributed by atoms with Crippen molar-refractivity contribution in [3.05, 3.63) is 17.0 Å². The molecule has 0 unspecified atom stereocenters. The van der Waals surface area contributed by atoms with Crippen molar-refractivity contribution in [2.24, 2.45) is 18.9 Å². The van der Waals surface area contributed by atoms with Crippen molar-refractivity contribution in [2.45, 2.75) is 26.7 Å². The van der Waals surface area contributed by atoms with Crippen LogP contribution >= 0.6 is 0 Å². The van der Waals surface area contributed by atoms with Crippen molar-refractivity contribution < 1.29 is 9.90 Å². The summed E-state index contributed by atoms with van der Waals surface area (Å²) in [6, 6.07) is 0. The molecule has 7 nitrogen and oxygen atoms in total. The number of aromatic nitrogens is 2. The fourth-order valence-electron chi connectivity index (χ4n) is 4.49. The van der Waals surface area contributed by atoms with E-state index in [0.717, 1.165) is 57.1 Å². The summed E-state index contributed by atoms with van der Waals surface area (Å²) in [7, 11) is 4.11. The molecule has 2 fully saturated rings. The fraction of sp³-hybridized carbons (Fsp3) is 0.800. The van der Waals surface area contributed by atoms with Crippen LogP contribution in [0.2, 0.25) is 0 Å². The van der Waals surface area contributed by atoms with E-state index in [1.54, 1.807) is 0 Å². The predicted molar refractivity (Wildman–Crippen MR) is 106 cm³/mol. The molecule has 0 aliphatic carbocycles. The third-order valence-electron chi connectivity index (χ3n) is 6.50. The van der Waals surface area contributed by atoms with Crippen molar-refractivity contribution in [3.63, 3.8) is 0 Å². The lowest BCUT2D eigenvalue weighted by Crippen LogP contribution is -2.47. The summed E-state index contributed by atoms with van der Waals surface area (Å²) in [6.07, 6.45) is 1.26. The van der Waals surface area contributed by atoms with Gasteiger partial charge in [0.15, 0.2) is 0 Å². The van der Waals surface area contributed by atoms with Crippen LogP contribution in [0, 0.1) is 25.7 Å². The second-order valence-electron chi connectivity index (χ2n) is 8.38. The third-order valence-corrected chi connectivity index (χ3v) is 6.50. The molecule has 2 saturated heterocycles. The number of piperazine rings is 1. The standard InChI is InChI=1S/C20H35N5O2/c1-15-19(16(2)23(4)21-15)5-6-20(27)25-12-17(18(13-25)14-26)11-24-9-7-22(3)8-10-24/h17-18,26H,5-14H2,1-4H3/t17-,18-/m1/s1. The van der Waals surface area contributed by atoms with Gasteiger partial charge in [-0.3, -0.25) is 9.48 Å². The van der Waals surface area contributed by atoms with E-state index in [9.17, 15) is 9.90 Å². The van der Waals surface area contributed by atoms with E-state index in [-0.39, 0.29) is 18.4 Å². The Morgan fingerprint density at radius 2 is 1.78 bits per heavy atom. The smallest absolute Gasteiger partial charge is 0.222 e. The zero-order valence-corrected chi connectivity index (χ0v) is 17.3. The van der Waals surface area contributed by atoms with E-state index in [1.165, 1.54) is 5.56 Å². The number of rotatable bonds is 6. The highest BCUT2D eigenvalue weighted by atomic mass is 16.3. The summed E-state index contributed by atoms with van der Waals surface area (Å²) in [5, 5.41) is 14.3. The van der Waals surface area contributed by atoms with Gasteiger partial charge in [0.2, 0.25) is 5.91 Å². The molecule has 2 aliphatic heterocycles. The number of likely N-dealkylation sites (tertiary alicyclic amines) is 1. The second-order valence-corrected chi connectivity index (χ2v) is 8.38. The molecule has 2 aliphatic rings. The molecule has 3 rings (SSSR count). The van der Waals surface area contributed by atoms with Crippen LogP contribution in [-0.2, 0) is 18.3 Å². The van der Waals surface area contributed by atoms with E-state index in [1.807, 2.05) is 23.6 Å². The van der Waals surface area contributed by atoms with Gasteiger partial charge in [-0.05, 0) is 38.8 Å². The number of carbonyl (C=O) groups is 1. The van der Waals surface area contributed by atoms with E-state index in [0.29, 0.717) is 18.9 Å². The molecule has 1 amide bonds. The van der Waals surface area contributed by atoms with Crippen LogP contribution in [0.1, 0.15) is 23.4 Å². The summed E-state index contributed by atoms with van der Waals surface area (Å²) >= 11 is 0. The van der Waals surface area contributed by atoms with Crippen molar-refractivity contribution in [1.29, 1.82) is 0 Å². The Kier molecular flexibility index (Phi) is 6.55. The summed E-state index contributed by atoms with van der Waals surface area (Å²) in [4.78, 5) is 19.6. The van der Waals surface area contributed by atoms with Gasteiger partial charge in [-0.15, -0.1) is 0 Å². The molecule has 0 radical (unpaired) electrons. The van der Waals surface area contributed by atoms with E-state index < -0.39 is 0 Å². The number of likely N-dealkylation sites (N-methyl/N-ethyl adjacent to an activating group) is 1. The Morgan fingerprint density at radius 1 is 1.11 bits per heavy atom. The van der Waals surface area contributed by atoms with Crippen LogP contribution in [0.15, 0.2) is 0 Å². The van der Waals surface area contributed by atoms with Crippen LogP contribution < -0.4 is 0 Å². The lowest BCUT2D eigenvalue weighted by molar-refractivity contribution is -0.130. The highest BCUT2D eigenvalue weighted by Gasteiger charge is 2.35. The van der Waals surface area contributed by atoms with Crippen LogP contribution in [0.3, 0.4) is 0 Å². The molecule has 1 N–H and O–H groups in total. The summed E-state index contributed by atoms with van der Waals surface area (Å²) < 4.78 is 1.89. The van der Waals surface area contributed by atoms with Crippen LogP contribution in [0.4, 0.5) is 0 Å². The van der Waals surface area contributed by atoms with Gasteiger partial charge in [0.25, 0.3) is 0 Å². The SMILES string of the molecule is Cc1nn(C)c(C)c1CCC(=O)N1C[C@@H](CN2CCN(C)CC2)[C@@H](CO)C1. The van der Waals surface area contributed by atoms with E-state index in [2.05, 4.69) is 28.9 Å².